The van der Waals surface area contributed by atoms with Gasteiger partial charge in [0, 0.05) is 6.08 Å². The highest BCUT2D eigenvalue weighted by Crippen LogP contribution is 2.06. The molecule has 0 rings (SSSR count). The Morgan fingerprint density at radius 1 is 1.06 bits per heavy atom. The van der Waals surface area contributed by atoms with Gasteiger partial charge in [-0.05, 0) is 13.0 Å². The maximum absolute atomic E-state index is 11.1. The van der Waals surface area contributed by atoms with Crippen LogP contribution in [0.25, 0.3) is 0 Å². The van der Waals surface area contributed by atoms with E-state index < -0.39 is 36.1 Å². The van der Waals surface area contributed by atoms with Crippen LogP contribution in [0.15, 0.2) is 12.2 Å². The number of rotatable bonds is 6. The molecule has 7 nitrogen and oxygen atoms in total. The number of amides is 1. The first-order valence-electron chi connectivity index (χ1n) is 4.51. The number of hydrogen-bond acceptors (Lipinski definition) is 6. The molecule has 0 unspecified atom stereocenters. The summed E-state index contributed by atoms with van der Waals surface area (Å²) in [4.78, 5) is 21.4. The van der Waals surface area contributed by atoms with Crippen molar-refractivity contribution in [3.63, 3.8) is 0 Å². The molecule has 16 heavy (non-hydrogen) atoms. The van der Waals surface area contributed by atoms with Gasteiger partial charge in [0.05, 0.1) is 6.10 Å². The van der Waals surface area contributed by atoms with Crippen LogP contribution in [-0.4, -0.2) is 56.5 Å². The quantitative estimate of drug-likeness (QED) is 0.311. The molecule has 4 atom stereocenters. The van der Waals surface area contributed by atoms with Gasteiger partial charge >= 0.3 is 0 Å². The lowest BCUT2D eigenvalue weighted by atomic mass is 10.0. The predicted octanol–water partition coefficient (Wildman–Crippen LogP) is -2.94. The van der Waals surface area contributed by atoms with Crippen LogP contribution < -0.4 is 5.73 Å². The molecule has 6 N–H and O–H groups in total. The SMILES string of the molecule is C[C@@H](O)[C@@H](O)[C@H](O)[C@H](O)C(=O)C=CC(N)=O. The zero-order valence-electron chi connectivity index (χ0n) is 8.65. The summed E-state index contributed by atoms with van der Waals surface area (Å²) in [5, 5.41) is 36.6. The molecule has 92 valence electrons. The standard InChI is InChI=1S/C9H15NO6/c1-4(11)7(14)9(16)8(15)5(12)2-3-6(10)13/h2-4,7-9,11,14-16H,1H3,(H2,10,13)/t4-,7-,8-,9+/m1/s1. The van der Waals surface area contributed by atoms with E-state index in [2.05, 4.69) is 0 Å². The van der Waals surface area contributed by atoms with Gasteiger partial charge in [-0.3, -0.25) is 9.59 Å². The van der Waals surface area contributed by atoms with E-state index in [0.29, 0.717) is 12.2 Å². The van der Waals surface area contributed by atoms with Gasteiger partial charge in [-0.1, -0.05) is 0 Å². The lowest BCUT2D eigenvalue weighted by Crippen LogP contribution is -2.46. The summed E-state index contributed by atoms with van der Waals surface area (Å²) < 4.78 is 0. The summed E-state index contributed by atoms with van der Waals surface area (Å²) in [6.45, 7) is 1.18. The summed E-state index contributed by atoms with van der Waals surface area (Å²) in [7, 11) is 0. The molecule has 0 saturated carbocycles. The second kappa shape index (κ2) is 6.33. The van der Waals surface area contributed by atoms with Crippen LogP contribution in [0, 0.1) is 0 Å². The van der Waals surface area contributed by atoms with E-state index in [1.165, 1.54) is 6.92 Å². The van der Waals surface area contributed by atoms with Crippen LogP contribution in [0.3, 0.4) is 0 Å². The van der Waals surface area contributed by atoms with Crippen LogP contribution in [0.2, 0.25) is 0 Å². The number of ketones is 1. The Balaban J connectivity index is 4.49. The minimum Gasteiger partial charge on any atom is -0.391 e. The number of carbonyl (C=O) groups excluding carboxylic acids is 2. The van der Waals surface area contributed by atoms with Gasteiger partial charge in [-0.15, -0.1) is 0 Å². The second-order valence-corrected chi connectivity index (χ2v) is 3.30. The molecule has 0 bridgehead atoms. The summed E-state index contributed by atoms with van der Waals surface area (Å²) >= 11 is 0. The molecule has 0 radical (unpaired) electrons. The van der Waals surface area contributed by atoms with Crippen molar-refractivity contribution in [1.29, 1.82) is 0 Å². The Bertz CT molecular complexity index is 288. The van der Waals surface area contributed by atoms with Gasteiger partial charge in [0.15, 0.2) is 5.78 Å². The minimum atomic E-state index is -1.93. The summed E-state index contributed by atoms with van der Waals surface area (Å²) in [6, 6.07) is 0. The largest absolute Gasteiger partial charge is 0.391 e. The Morgan fingerprint density at radius 3 is 1.94 bits per heavy atom. The molecule has 0 aromatic carbocycles. The van der Waals surface area contributed by atoms with E-state index in [4.69, 9.17) is 15.9 Å². The zero-order valence-corrected chi connectivity index (χ0v) is 8.65. The number of primary amides is 1. The molecular formula is C9H15NO6. The summed E-state index contributed by atoms with van der Waals surface area (Å²) in [6.07, 6.45) is -5.35. The number of aliphatic hydroxyl groups is 4. The Hall–Kier alpha value is -1.28. The van der Waals surface area contributed by atoms with Crippen molar-refractivity contribution in [2.45, 2.75) is 31.3 Å². The third-order valence-electron chi connectivity index (χ3n) is 1.87. The normalized spacial score (nSPS) is 19.1. The van der Waals surface area contributed by atoms with Crippen molar-refractivity contribution in [1.82, 2.24) is 0 Å². The second-order valence-electron chi connectivity index (χ2n) is 3.30. The molecule has 0 aliphatic rings. The molecule has 0 heterocycles. The third kappa shape index (κ3) is 4.49. The molecule has 0 aliphatic carbocycles. The lowest BCUT2D eigenvalue weighted by Gasteiger charge is -2.23. The molecule has 1 amide bonds. The van der Waals surface area contributed by atoms with Crippen LogP contribution in [0.5, 0.6) is 0 Å². The molecule has 0 aliphatic heterocycles. The van der Waals surface area contributed by atoms with Crippen LogP contribution >= 0.6 is 0 Å². The maximum atomic E-state index is 11.1. The van der Waals surface area contributed by atoms with Crippen LogP contribution in [-0.2, 0) is 9.59 Å². The average molecular weight is 233 g/mol. The van der Waals surface area contributed by atoms with Crippen molar-refractivity contribution < 1.29 is 30.0 Å². The summed E-state index contributed by atoms with van der Waals surface area (Å²) in [5.74, 6) is -1.88. The fourth-order valence-electron chi connectivity index (χ4n) is 0.903. The van der Waals surface area contributed by atoms with Crippen LogP contribution in [0.1, 0.15) is 6.92 Å². The number of carbonyl (C=O) groups is 2. The third-order valence-corrected chi connectivity index (χ3v) is 1.87. The van der Waals surface area contributed by atoms with Gasteiger partial charge in [0.1, 0.15) is 18.3 Å². The molecule has 0 aromatic heterocycles. The monoisotopic (exact) mass is 233 g/mol. The van der Waals surface area contributed by atoms with E-state index >= 15 is 0 Å². The molecule has 0 saturated heterocycles. The Morgan fingerprint density at radius 2 is 1.56 bits per heavy atom. The highest BCUT2D eigenvalue weighted by atomic mass is 16.4. The highest BCUT2D eigenvalue weighted by Gasteiger charge is 2.31. The van der Waals surface area contributed by atoms with Gasteiger partial charge in [-0.25, -0.2) is 0 Å². The average Bonchev–Trinajstić information content (AvgIpc) is 2.22. The lowest BCUT2D eigenvalue weighted by molar-refractivity contribution is -0.139. The minimum absolute atomic E-state index is 0.685. The van der Waals surface area contributed by atoms with E-state index in [0.717, 1.165) is 0 Å². The number of aliphatic hydroxyl groups excluding tert-OH is 4. The maximum Gasteiger partial charge on any atom is 0.241 e. The fraction of sp³-hybridized carbons (Fsp3) is 0.556. The topological polar surface area (TPSA) is 141 Å². The van der Waals surface area contributed by atoms with E-state index in [1.54, 1.807) is 0 Å². The number of nitrogens with two attached hydrogens (primary N) is 1. The Labute approximate surface area is 91.8 Å². The molecule has 0 aromatic rings. The van der Waals surface area contributed by atoms with Gasteiger partial charge in [-0.2, -0.15) is 0 Å². The fourth-order valence-corrected chi connectivity index (χ4v) is 0.903. The van der Waals surface area contributed by atoms with E-state index in [-0.39, 0.29) is 0 Å². The van der Waals surface area contributed by atoms with Crippen molar-refractivity contribution in [3.8, 4) is 0 Å². The van der Waals surface area contributed by atoms with Crippen molar-refractivity contribution >= 4 is 11.7 Å². The molecule has 7 heteroatoms. The van der Waals surface area contributed by atoms with Crippen molar-refractivity contribution in [2.24, 2.45) is 5.73 Å². The molecule has 0 spiro atoms. The van der Waals surface area contributed by atoms with E-state index in [1.807, 2.05) is 0 Å². The zero-order chi connectivity index (χ0) is 12.9. The first-order chi connectivity index (χ1) is 7.27. The van der Waals surface area contributed by atoms with Crippen molar-refractivity contribution in [3.05, 3.63) is 12.2 Å². The molecular weight excluding hydrogens is 218 g/mol. The van der Waals surface area contributed by atoms with Gasteiger partial charge in [0.2, 0.25) is 5.91 Å². The first kappa shape index (κ1) is 14.7. The smallest absolute Gasteiger partial charge is 0.241 e. The van der Waals surface area contributed by atoms with E-state index in [9.17, 15) is 19.8 Å². The van der Waals surface area contributed by atoms with Gasteiger partial charge < -0.3 is 26.2 Å². The van der Waals surface area contributed by atoms with Crippen molar-refractivity contribution in [2.75, 3.05) is 0 Å². The summed E-state index contributed by atoms with van der Waals surface area (Å²) in [5.41, 5.74) is 4.71. The molecule has 0 fully saturated rings. The van der Waals surface area contributed by atoms with Gasteiger partial charge in [0.25, 0.3) is 0 Å². The Kier molecular flexibility index (Phi) is 5.83. The van der Waals surface area contributed by atoms with Crippen LogP contribution in [0.4, 0.5) is 0 Å². The predicted molar refractivity (Wildman–Crippen MR) is 53.0 cm³/mol. The highest BCUT2D eigenvalue weighted by molar-refractivity contribution is 5.99. The first-order valence-corrected chi connectivity index (χ1v) is 4.51. The number of hydrogen-bond donors (Lipinski definition) is 5.